The Hall–Kier alpha value is -3.10. The van der Waals surface area contributed by atoms with E-state index < -0.39 is 30.4 Å². The summed E-state index contributed by atoms with van der Waals surface area (Å²) in [7, 11) is -0.675. The smallest absolute Gasteiger partial charge is 0.462 e. The van der Waals surface area contributed by atoms with Crippen molar-refractivity contribution in [3.05, 3.63) is 76.8 Å². The van der Waals surface area contributed by atoms with Crippen LogP contribution in [0.1, 0.15) is 56.1 Å². The van der Waals surface area contributed by atoms with Crippen molar-refractivity contribution in [3.8, 4) is 0 Å². The molecule has 0 aromatic heterocycles. The maximum atomic E-state index is 12.4. The lowest BCUT2D eigenvalue weighted by Crippen LogP contribution is -2.41. The second kappa shape index (κ2) is 10.9. The first-order valence-electron chi connectivity index (χ1n) is 11.4. The van der Waals surface area contributed by atoms with Crippen molar-refractivity contribution in [1.82, 2.24) is 5.32 Å². The third kappa shape index (κ3) is 6.49. The molecule has 1 aliphatic heterocycles. The van der Waals surface area contributed by atoms with Crippen LogP contribution < -0.4 is 5.32 Å². The topological polar surface area (TPSA) is 83.1 Å². The summed E-state index contributed by atoms with van der Waals surface area (Å²) in [5.41, 5.74) is 1.70. The molecule has 2 aromatic carbocycles. The molecule has 1 saturated heterocycles. The number of carbonyl (C=O) groups excluding carboxylic acids is 2. The number of hydrogen-bond donors (Lipinski definition) is 1. The fourth-order valence-electron chi connectivity index (χ4n) is 3.33. The maximum Gasteiger partial charge on any atom is 0.492 e. The van der Waals surface area contributed by atoms with Gasteiger partial charge >= 0.3 is 19.2 Å². The summed E-state index contributed by atoms with van der Waals surface area (Å²) in [6.45, 7) is 10.2. The van der Waals surface area contributed by atoms with Gasteiger partial charge in [-0.15, -0.1) is 0 Å². The second-order valence-corrected chi connectivity index (χ2v) is 9.07. The number of rotatable bonds is 8. The van der Waals surface area contributed by atoms with Crippen molar-refractivity contribution in [2.45, 2.75) is 52.4 Å². The molecule has 0 bridgehead atoms. The number of hydrogen-bond acceptors (Lipinski definition) is 6. The Morgan fingerprint density at radius 3 is 2.29 bits per heavy atom. The highest BCUT2D eigenvalue weighted by Crippen LogP contribution is 2.38. The Balaban J connectivity index is 1.77. The van der Waals surface area contributed by atoms with Gasteiger partial charge in [0.05, 0.1) is 23.4 Å². The molecule has 0 unspecified atom stereocenters. The van der Waals surface area contributed by atoms with Gasteiger partial charge in [0.25, 0.3) is 0 Å². The van der Waals surface area contributed by atoms with Crippen LogP contribution >= 0.6 is 0 Å². The number of alkyl carbamates (subject to hydrolysis) is 1. The van der Waals surface area contributed by atoms with E-state index in [1.54, 1.807) is 25.1 Å². The molecule has 1 N–H and O–H groups in total. The van der Waals surface area contributed by atoms with E-state index in [9.17, 15) is 9.59 Å². The molecule has 1 amide bonds. The third-order valence-electron chi connectivity index (χ3n) is 5.96. The van der Waals surface area contributed by atoms with Gasteiger partial charge in [-0.3, -0.25) is 0 Å². The van der Waals surface area contributed by atoms with Gasteiger partial charge in [0.2, 0.25) is 0 Å². The summed E-state index contributed by atoms with van der Waals surface area (Å²) in [5.74, 6) is -0.391. The summed E-state index contributed by atoms with van der Waals surface area (Å²) in [5, 5.41) is 2.78. The van der Waals surface area contributed by atoms with E-state index in [0.29, 0.717) is 17.6 Å². The first-order valence-corrected chi connectivity index (χ1v) is 11.4. The Morgan fingerprint density at radius 1 is 0.971 bits per heavy atom. The number of carbonyl (C=O) groups is 2. The Bertz CT molecular complexity index is 1020. The van der Waals surface area contributed by atoms with Crippen LogP contribution in [0, 0.1) is 0 Å². The summed E-state index contributed by atoms with van der Waals surface area (Å²) in [6.07, 6.45) is 1.30. The van der Waals surface area contributed by atoms with Gasteiger partial charge < -0.3 is 24.1 Å². The van der Waals surface area contributed by atoms with Crippen LogP contribution in [0.5, 0.6) is 0 Å². The van der Waals surface area contributed by atoms with Gasteiger partial charge in [0.1, 0.15) is 6.61 Å². The first-order chi connectivity index (χ1) is 16.1. The predicted molar refractivity (Wildman–Crippen MR) is 131 cm³/mol. The highest BCUT2D eigenvalue weighted by atomic mass is 16.7. The fraction of sp³-hybridized carbons (Fsp3) is 0.385. The zero-order valence-corrected chi connectivity index (χ0v) is 20.4. The average molecular weight is 465 g/mol. The van der Waals surface area contributed by atoms with Crippen molar-refractivity contribution in [2.24, 2.45) is 0 Å². The zero-order chi connectivity index (χ0) is 24.8. The SMILES string of the molecule is CCOC(=O)c1cccc(C=C(CNC(=O)OCc2ccccc2)B2OC(C)(C)C(C)(C)O2)c1. The van der Waals surface area contributed by atoms with Crippen molar-refractivity contribution < 1.29 is 28.4 Å². The van der Waals surface area contributed by atoms with Crippen molar-refractivity contribution in [2.75, 3.05) is 13.2 Å². The lowest BCUT2D eigenvalue weighted by molar-refractivity contribution is 0.00578. The predicted octanol–water partition coefficient (Wildman–Crippen LogP) is 4.80. The van der Waals surface area contributed by atoms with Crippen molar-refractivity contribution in [3.63, 3.8) is 0 Å². The molecule has 0 saturated carbocycles. The van der Waals surface area contributed by atoms with E-state index >= 15 is 0 Å². The Kier molecular flexibility index (Phi) is 8.17. The first kappa shape index (κ1) is 25.5. The normalized spacial score (nSPS) is 16.7. The molecule has 34 heavy (non-hydrogen) atoms. The molecular weight excluding hydrogens is 433 g/mol. The van der Waals surface area contributed by atoms with Crippen LogP contribution in [0.2, 0.25) is 0 Å². The minimum Gasteiger partial charge on any atom is -0.462 e. The maximum absolute atomic E-state index is 12.4. The molecule has 1 aliphatic rings. The lowest BCUT2D eigenvalue weighted by atomic mass is 9.77. The molecule has 7 nitrogen and oxygen atoms in total. The molecule has 8 heteroatoms. The molecule has 3 rings (SSSR count). The van der Waals surface area contributed by atoms with Gasteiger partial charge in [0.15, 0.2) is 0 Å². The summed E-state index contributed by atoms with van der Waals surface area (Å²) >= 11 is 0. The third-order valence-corrected chi connectivity index (χ3v) is 5.96. The van der Waals surface area contributed by atoms with Gasteiger partial charge in [-0.25, -0.2) is 9.59 Å². The number of amides is 1. The Morgan fingerprint density at radius 2 is 1.65 bits per heavy atom. The monoisotopic (exact) mass is 465 g/mol. The molecule has 0 atom stereocenters. The molecule has 0 radical (unpaired) electrons. The minimum atomic E-state index is -0.675. The van der Waals surface area contributed by atoms with E-state index in [2.05, 4.69) is 5.32 Å². The van der Waals surface area contributed by atoms with E-state index in [0.717, 1.165) is 11.1 Å². The molecule has 0 aliphatic carbocycles. The average Bonchev–Trinajstić information content (AvgIpc) is 3.03. The fourth-order valence-corrected chi connectivity index (χ4v) is 3.33. The number of benzene rings is 2. The van der Waals surface area contributed by atoms with Crippen LogP contribution in [0.25, 0.3) is 6.08 Å². The van der Waals surface area contributed by atoms with Gasteiger partial charge in [-0.1, -0.05) is 48.5 Å². The largest absolute Gasteiger partial charge is 0.492 e. The number of nitrogens with one attached hydrogen (secondary N) is 1. The molecule has 0 spiro atoms. The van der Waals surface area contributed by atoms with Crippen LogP contribution in [0.4, 0.5) is 4.79 Å². The van der Waals surface area contributed by atoms with Crippen molar-refractivity contribution in [1.29, 1.82) is 0 Å². The summed E-state index contributed by atoms with van der Waals surface area (Å²) in [6, 6.07) is 16.5. The molecule has 2 aromatic rings. The van der Waals surface area contributed by atoms with Crippen LogP contribution in [0.3, 0.4) is 0 Å². The van der Waals surface area contributed by atoms with E-state index in [1.165, 1.54) is 0 Å². The van der Waals surface area contributed by atoms with Gasteiger partial charge in [-0.05, 0) is 63.4 Å². The summed E-state index contributed by atoms with van der Waals surface area (Å²) < 4.78 is 22.8. The molecule has 1 heterocycles. The Labute approximate surface area is 201 Å². The van der Waals surface area contributed by atoms with Crippen LogP contribution in [0.15, 0.2) is 60.1 Å². The van der Waals surface area contributed by atoms with Gasteiger partial charge in [-0.2, -0.15) is 0 Å². The second-order valence-electron chi connectivity index (χ2n) is 9.07. The van der Waals surface area contributed by atoms with Crippen molar-refractivity contribution >= 4 is 25.3 Å². The molecule has 180 valence electrons. The van der Waals surface area contributed by atoms with E-state index in [4.69, 9.17) is 18.8 Å². The lowest BCUT2D eigenvalue weighted by Gasteiger charge is -2.32. The van der Waals surface area contributed by atoms with Crippen LogP contribution in [-0.2, 0) is 25.4 Å². The standard InChI is InChI=1S/C26H32BNO6/c1-6-31-23(29)21-14-10-13-20(15-21)16-22(27-33-25(2,3)26(4,5)34-27)17-28-24(30)32-18-19-11-8-7-9-12-19/h7-16H,6,17-18H2,1-5H3,(H,28,30). The number of esters is 1. The van der Waals surface area contributed by atoms with Crippen LogP contribution in [-0.4, -0.2) is 43.5 Å². The quantitative estimate of drug-likeness (QED) is 0.445. The highest BCUT2D eigenvalue weighted by molar-refractivity contribution is 6.56. The highest BCUT2D eigenvalue weighted by Gasteiger charge is 2.52. The van der Waals surface area contributed by atoms with E-state index in [-0.39, 0.29) is 13.2 Å². The number of ether oxygens (including phenoxy) is 2. The zero-order valence-electron chi connectivity index (χ0n) is 20.4. The minimum absolute atomic E-state index is 0.147. The summed E-state index contributed by atoms with van der Waals surface area (Å²) in [4.78, 5) is 24.5. The van der Waals surface area contributed by atoms with Gasteiger partial charge in [0, 0.05) is 6.54 Å². The van der Waals surface area contributed by atoms with E-state index in [1.807, 2.05) is 70.2 Å². The molecule has 1 fully saturated rings. The molecular formula is C26H32BNO6.